The number of nitrogens with zero attached hydrogens (tertiary/aromatic N) is 4. The molecule has 1 N–H and O–H groups in total. The molecule has 0 radical (unpaired) electrons. The summed E-state index contributed by atoms with van der Waals surface area (Å²) in [6.45, 7) is 2.23. The van der Waals surface area contributed by atoms with Gasteiger partial charge in [0.2, 0.25) is 5.91 Å². The Kier molecular flexibility index (Phi) is 3.54. The van der Waals surface area contributed by atoms with E-state index in [1.165, 1.54) is 17.7 Å². The third kappa shape index (κ3) is 2.78. The molecule has 7 nitrogen and oxygen atoms in total. The van der Waals surface area contributed by atoms with Crippen LogP contribution in [0.2, 0.25) is 0 Å². The Bertz CT molecular complexity index is 929. The Balaban J connectivity index is 1.57. The molecular weight excluding hydrogens is 344 g/mol. The SMILES string of the molecule is C[C@H]1CN(C(=O)C2CC2)c2cc(-c3cnn(C4CC4)c3)ccc2N1C(=O)O. The summed E-state index contributed by atoms with van der Waals surface area (Å²) in [6, 6.07) is 5.90. The van der Waals surface area contributed by atoms with E-state index in [9.17, 15) is 14.7 Å². The van der Waals surface area contributed by atoms with Gasteiger partial charge in [-0.3, -0.25) is 14.4 Å². The Labute approximate surface area is 157 Å². The van der Waals surface area contributed by atoms with Gasteiger partial charge in [-0.25, -0.2) is 4.79 Å². The fourth-order valence-corrected chi connectivity index (χ4v) is 3.88. The predicted octanol–water partition coefficient (Wildman–Crippen LogP) is 3.51. The summed E-state index contributed by atoms with van der Waals surface area (Å²) >= 11 is 0. The molecule has 2 fully saturated rings. The van der Waals surface area contributed by atoms with E-state index < -0.39 is 6.09 Å². The van der Waals surface area contributed by atoms with Crippen molar-refractivity contribution in [2.75, 3.05) is 16.3 Å². The molecule has 0 unspecified atom stereocenters. The molecule has 0 bridgehead atoms. The predicted molar refractivity (Wildman–Crippen MR) is 101 cm³/mol. The molecule has 0 spiro atoms. The van der Waals surface area contributed by atoms with E-state index in [2.05, 4.69) is 5.10 Å². The van der Waals surface area contributed by atoms with Crippen LogP contribution in [0.4, 0.5) is 16.2 Å². The van der Waals surface area contributed by atoms with Crippen LogP contribution in [-0.2, 0) is 4.79 Å². The maximum atomic E-state index is 12.8. The van der Waals surface area contributed by atoms with Gasteiger partial charge in [0, 0.05) is 24.2 Å². The summed E-state index contributed by atoms with van der Waals surface area (Å²) in [5.74, 6) is 0.196. The number of hydrogen-bond donors (Lipinski definition) is 1. The van der Waals surface area contributed by atoms with Crippen molar-refractivity contribution in [3.63, 3.8) is 0 Å². The van der Waals surface area contributed by atoms with Gasteiger partial charge in [0.05, 0.1) is 29.7 Å². The molecule has 2 heterocycles. The lowest BCUT2D eigenvalue weighted by Crippen LogP contribution is -2.52. The van der Waals surface area contributed by atoms with Gasteiger partial charge in [0.25, 0.3) is 0 Å². The lowest BCUT2D eigenvalue weighted by molar-refractivity contribution is -0.119. The van der Waals surface area contributed by atoms with Gasteiger partial charge in [0.15, 0.2) is 0 Å². The maximum Gasteiger partial charge on any atom is 0.412 e. The highest BCUT2D eigenvalue weighted by atomic mass is 16.4. The van der Waals surface area contributed by atoms with Crippen molar-refractivity contribution in [1.29, 1.82) is 0 Å². The first-order valence-corrected chi connectivity index (χ1v) is 9.55. The van der Waals surface area contributed by atoms with Crippen LogP contribution in [0, 0.1) is 5.92 Å². The highest BCUT2D eigenvalue weighted by Gasteiger charge is 2.40. The fourth-order valence-electron chi connectivity index (χ4n) is 3.88. The number of hydrogen-bond acceptors (Lipinski definition) is 3. The number of fused-ring (bicyclic) bond motifs is 1. The van der Waals surface area contributed by atoms with E-state index in [4.69, 9.17) is 0 Å². The molecule has 1 aromatic carbocycles. The summed E-state index contributed by atoms with van der Waals surface area (Å²) < 4.78 is 1.99. The van der Waals surface area contributed by atoms with Crippen LogP contribution in [0.25, 0.3) is 11.1 Å². The summed E-state index contributed by atoms with van der Waals surface area (Å²) in [5.41, 5.74) is 3.20. The smallest absolute Gasteiger partial charge is 0.412 e. The minimum Gasteiger partial charge on any atom is -0.465 e. The second kappa shape index (κ2) is 5.84. The standard InChI is InChI=1S/C20H22N4O3/c1-12-10-22(19(25)13-2-3-13)18-8-14(4-7-17(18)24(12)20(26)27)15-9-21-23(11-15)16-5-6-16/h4,7-9,11-13,16H,2-3,5-6,10H2,1H3,(H,26,27)/t12-/m0/s1. The molecule has 7 heteroatoms. The summed E-state index contributed by atoms with van der Waals surface area (Å²) in [7, 11) is 0. The van der Waals surface area contributed by atoms with Crippen LogP contribution in [-0.4, -0.2) is 39.5 Å². The zero-order chi connectivity index (χ0) is 18.7. The molecule has 1 aliphatic heterocycles. The zero-order valence-corrected chi connectivity index (χ0v) is 15.2. The minimum atomic E-state index is -0.989. The molecule has 3 aliphatic rings. The van der Waals surface area contributed by atoms with Crippen molar-refractivity contribution in [3.05, 3.63) is 30.6 Å². The van der Waals surface area contributed by atoms with Crippen molar-refractivity contribution < 1.29 is 14.7 Å². The summed E-state index contributed by atoms with van der Waals surface area (Å²) in [4.78, 5) is 27.8. The number of rotatable bonds is 3. The fraction of sp³-hybridized carbons (Fsp3) is 0.450. The van der Waals surface area contributed by atoms with Crippen molar-refractivity contribution in [1.82, 2.24) is 9.78 Å². The number of carbonyl (C=O) groups is 2. The average Bonchev–Trinajstić information content (AvgIpc) is 3.58. The number of carboxylic acid groups (broad SMARTS) is 1. The normalized spacial score (nSPS) is 21.9. The quantitative estimate of drug-likeness (QED) is 0.901. The first kappa shape index (κ1) is 16.4. The molecule has 2 aromatic rings. The first-order chi connectivity index (χ1) is 13.0. The number of aromatic nitrogens is 2. The van der Waals surface area contributed by atoms with Gasteiger partial charge < -0.3 is 10.0 Å². The number of anilines is 2. The van der Waals surface area contributed by atoms with Crippen LogP contribution >= 0.6 is 0 Å². The molecule has 27 heavy (non-hydrogen) atoms. The van der Waals surface area contributed by atoms with Crippen molar-refractivity contribution >= 4 is 23.4 Å². The number of amides is 2. The molecule has 140 valence electrons. The maximum absolute atomic E-state index is 12.8. The molecule has 2 aliphatic carbocycles. The monoisotopic (exact) mass is 366 g/mol. The molecule has 0 saturated heterocycles. The van der Waals surface area contributed by atoms with E-state index >= 15 is 0 Å². The molecule has 1 atom stereocenters. The van der Waals surface area contributed by atoms with Crippen LogP contribution in [0.1, 0.15) is 38.6 Å². The second-order valence-electron chi connectivity index (χ2n) is 7.87. The van der Waals surface area contributed by atoms with E-state index in [1.807, 2.05) is 42.2 Å². The molecule has 1 aromatic heterocycles. The van der Waals surface area contributed by atoms with E-state index in [0.29, 0.717) is 24.0 Å². The second-order valence-corrected chi connectivity index (χ2v) is 7.87. The topological polar surface area (TPSA) is 78.7 Å². The average molecular weight is 366 g/mol. The zero-order valence-electron chi connectivity index (χ0n) is 15.2. The van der Waals surface area contributed by atoms with Gasteiger partial charge in [0.1, 0.15) is 0 Å². The molecule has 2 saturated carbocycles. The van der Waals surface area contributed by atoms with Crippen molar-refractivity contribution in [3.8, 4) is 11.1 Å². The van der Waals surface area contributed by atoms with Gasteiger partial charge >= 0.3 is 6.09 Å². The van der Waals surface area contributed by atoms with Gasteiger partial charge in [-0.2, -0.15) is 5.10 Å². The van der Waals surface area contributed by atoms with E-state index in [-0.39, 0.29) is 17.9 Å². The highest BCUT2D eigenvalue weighted by molar-refractivity contribution is 6.04. The summed E-state index contributed by atoms with van der Waals surface area (Å²) in [5, 5.41) is 14.1. The first-order valence-electron chi connectivity index (χ1n) is 9.55. The Morgan fingerprint density at radius 2 is 1.89 bits per heavy atom. The Morgan fingerprint density at radius 3 is 2.56 bits per heavy atom. The van der Waals surface area contributed by atoms with Gasteiger partial charge in [-0.15, -0.1) is 0 Å². The highest BCUT2D eigenvalue weighted by Crippen LogP contribution is 2.42. The third-order valence-corrected chi connectivity index (χ3v) is 5.67. The van der Waals surface area contributed by atoms with Crippen LogP contribution in [0.15, 0.2) is 30.6 Å². The minimum absolute atomic E-state index is 0.0858. The Hall–Kier alpha value is -2.83. The Morgan fingerprint density at radius 1 is 1.11 bits per heavy atom. The van der Waals surface area contributed by atoms with Gasteiger partial charge in [-0.05, 0) is 50.3 Å². The van der Waals surface area contributed by atoms with Gasteiger partial charge in [-0.1, -0.05) is 6.07 Å². The lowest BCUT2D eigenvalue weighted by Gasteiger charge is -2.40. The van der Waals surface area contributed by atoms with Crippen molar-refractivity contribution in [2.45, 2.75) is 44.7 Å². The van der Waals surface area contributed by atoms with Crippen LogP contribution < -0.4 is 9.80 Å². The molecular formula is C20H22N4O3. The number of benzene rings is 1. The lowest BCUT2D eigenvalue weighted by atomic mass is 10.0. The largest absolute Gasteiger partial charge is 0.465 e. The molecule has 2 amide bonds. The summed E-state index contributed by atoms with van der Waals surface area (Å²) in [6.07, 6.45) is 7.07. The number of carbonyl (C=O) groups excluding carboxylic acids is 1. The van der Waals surface area contributed by atoms with Crippen LogP contribution in [0.3, 0.4) is 0 Å². The molecule has 5 rings (SSSR count). The van der Waals surface area contributed by atoms with Crippen LogP contribution in [0.5, 0.6) is 0 Å². The third-order valence-electron chi connectivity index (χ3n) is 5.67. The van der Waals surface area contributed by atoms with E-state index in [1.54, 1.807) is 4.90 Å². The van der Waals surface area contributed by atoms with Crippen molar-refractivity contribution in [2.24, 2.45) is 5.92 Å². The van der Waals surface area contributed by atoms with E-state index in [0.717, 1.165) is 24.0 Å².